The molecule has 0 bridgehead atoms. The lowest BCUT2D eigenvalue weighted by atomic mass is 10.00. The van der Waals surface area contributed by atoms with Crippen LogP contribution in [0.4, 0.5) is 29.7 Å². The molecule has 0 unspecified atom stereocenters. The minimum atomic E-state index is -1.93. The fraction of sp³-hybridized carbons (Fsp3) is 0.635. The van der Waals surface area contributed by atoms with Crippen LogP contribution in [0.3, 0.4) is 0 Å². The van der Waals surface area contributed by atoms with E-state index in [1.54, 1.807) is 141 Å². The summed E-state index contributed by atoms with van der Waals surface area (Å²) in [6, 6.07) is -5.04. The fourth-order valence-electron chi connectivity index (χ4n) is 10.4. The van der Waals surface area contributed by atoms with Gasteiger partial charge in [-0.25, -0.2) is 28.8 Å². The molecule has 1 saturated heterocycles. The van der Waals surface area contributed by atoms with Crippen molar-refractivity contribution in [1.29, 1.82) is 0 Å². The molecule has 1 heterocycles. The van der Waals surface area contributed by atoms with Gasteiger partial charge in [-0.1, -0.05) is 55.8 Å². The van der Waals surface area contributed by atoms with Crippen LogP contribution in [-0.4, -0.2) is 228 Å². The van der Waals surface area contributed by atoms with Gasteiger partial charge in [0.15, 0.2) is 0 Å². The van der Waals surface area contributed by atoms with Crippen LogP contribution >= 0.6 is 11.6 Å². The first kappa shape index (κ1) is 95.9. The fourth-order valence-corrected chi connectivity index (χ4v) is 10.5. The first-order valence-corrected chi connectivity index (χ1v) is 37.3. The Bertz CT molecular complexity index is 3570. The van der Waals surface area contributed by atoms with Crippen molar-refractivity contribution in [2.45, 2.75) is 265 Å². The highest BCUT2D eigenvalue weighted by Gasteiger charge is 2.39. The van der Waals surface area contributed by atoms with E-state index < -0.39 is 236 Å². The Kier molecular flexibility index (Phi) is 38.2. The van der Waals surface area contributed by atoms with Crippen molar-refractivity contribution in [3.05, 3.63) is 64.7 Å². The average molecular weight is 1600 g/mol. The van der Waals surface area contributed by atoms with E-state index >= 15 is 19.2 Å². The number of ether oxygens (including phenoxy) is 5. The van der Waals surface area contributed by atoms with Gasteiger partial charge in [-0.2, -0.15) is 0 Å². The molecule has 15 amide bonds. The molecule has 0 spiro atoms. The molecule has 1 fully saturated rings. The molecule has 0 saturated carbocycles. The number of hydrogen-bond donors (Lipinski definition) is 17. The Labute approximate surface area is 657 Å². The Morgan fingerprint density at radius 3 is 1.39 bits per heavy atom. The number of carbonyl (C=O) groups excluding carboxylic acids is 15. The first-order chi connectivity index (χ1) is 51.9. The largest absolute Gasteiger partial charge is 0.459 e. The highest BCUT2D eigenvalue weighted by Crippen LogP contribution is 2.24. The third-order valence-electron chi connectivity index (χ3n) is 15.5. The molecule has 11 atom stereocenters. The Balaban J connectivity index is 2.37. The van der Waals surface area contributed by atoms with Crippen LogP contribution in [0.1, 0.15) is 179 Å². The third kappa shape index (κ3) is 37.6. The normalized spacial score (nSPS) is 19.9. The van der Waals surface area contributed by atoms with E-state index in [-0.39, 0.29) is 48.1 Å². The third-order valence-corrected chi connectivity index (χ3v) is 15.8. The van der Waals surface area contributed by atoms with Crippen LogP contribution in [-0.2, 0) is 73.3 Å². The molecule has 37 nitrogen and oxygen atoms in total. The lowest BCUT2D eigenvalue weighted by Crippen LogP contribution is -2.61. The Morgan fingerprint density at radius 2 is 0.946 bits per heavy atom. The molecule has 3 rings (SSSR count). The second-order valence-electron chi connectivity index (χ2n) is 31.4. The van der Waals surface area contributed by atoms with Crippen LogP contribution < -0.4 is 79.8 Å². The van der Waals surface area contributed by atoms with E-state index in [0.717, 1.165) is 13.8 Å². The number of amides is 15. The van der Waals surface area contributed by atoms with Crippen molar-refractivity contribution in [2.24, 2.45) is 5.92 Å². The van der Waals surface area contributed by atoms with Gasteiger partial charge in [0, 0.05) is 39.1 Å². The van der Waals surface area contributed by atoms with Crippen molar-refractivity contribution in [3.8, 4) is 0 Å². The quantitative estimate of drug-likeness (QED) is 0.0475. The predicted molar refractivity (Wildman–Crippen MR) is 409 cm³/mol. The molecule has 1 aliphatic rings. The van der Waals surface area contributed by atoms with Gasteiger partial charge < -0.3 is 114 Å². The van der Waals surface area contributed by atoms with E-state index in [1.807, 2.05) is 0 Å². The predicted octanol–water partition coefficient (Wildman–Crippen LogP) is 2.50. The molecule has 112 heavy (non-hydrogen) atoms. The molecule has 626 valence electrons. The molecule has 38 heteroatoms. The van der Waals surface area contributed by atoms with Gasteiger partial charge in [0.2, 0.25) is 53.2 Å². The topological polar surface area (TPSA) is 523 Å². The van der Waals surface area contributed by atoms with Gasteiger partial charge in [0.25, 0.3) is 0 Å². The number of hydrogen-bond acceptors (Lipinski definition) is 22. The second-order valence-corrected chi connectivity index (χ2v) is 31.8. The number of halogens is 1. The molecule has 1 aliphatic heterocycles. The van der Waals surface area contributed by atoms with Crippen LogP contribution in [0.25, 0.3) is 0 Å². The van der Waals surface area contributed by atoms with Crippen molar-refractivity contribution in [3.63, 3.8) is 0 Å². The summed E-state index contributed by atoms with van der Waals surface area (Å²) in [7, 11) is 0. The first-order valence-electron chi connectivity index (χ1n) is 37.0. The Morgan fingerprint density at radius 1 is 0.518 bits per heavy atom. The van der Waals surface area contributed by atoms with Gasteiger partial charge in [-0.15, -0.1) is 0 Å². The second kappa shape index (κ2) is 44.7. The Hall–Kier alpha value is -10.3. The number of carbonyl (C=O) groups is 15. The minimum absolute atomic E-state index is 0.0191. The zero-order valence-corrected chi connectivity index (χ0v) is 67.8. The number of benzene rings is 2. The van der Waals surface area contributed by atoms with E-state index in [4.69, 9.17) is 35.3 Å². The van der Waals surface area contributed by atoms with Crippen molar-refractivity contribution >= 4 is 107 Å². The number of nitrogens with one attached hydrogen (secondary N) is 15. The lowest BCUT2D eigenvalue weighted by Gasteiger charge is -2.29. The number of alkyl carbamates (subject to hydrolysis) is 4. The maximum Gasteiger partial charge on any atom is 0.407 e. The standard InChI is InChI=1S/C74H116ClN15O22/c1-39(2)36-52-61(98)84-47(27-32-77-67(104)109-71(7,8)9)57(94)83-50(30-35-80-70(107)112-74(16,17)18)60(97)89-54(41(5)91)63(100)76-31-26-46(56(93)82-48(28-33-78-68(105)110-72(10,11)12)59(96)87-53(62(99)86-52)37-43-22-20-19-21-23-43)81-58(95)49(29-34-79-69(106)111-73(13,14)15)85-64(101)55(42(6)92)90-66(103)88-51-38-44(24-25-45(51)75)65(102)108-40(3)4/h19-25,38-42,46-50,52-55,91-92H,26-37H2,1-18H3,(H,76,100)(H,77,104)(H,78,105)(H,79,106)(H,80,107)(H,81,95)(H,82,93)(H,83,94)(H,84,98)(H,85,101)(H,86,99)(H,87,96)(H,89,97)(H2,88,90,103)/t41-,42+,46+,47+,48+,49+,50+,52+,53-,54+,55+/m1/s1. The van der Waals surface area contributed by atoms with E-state index in [9.17, 15) is 63.0 Å². The maximum atomic E-state index is 15.3. The summed E-state index contributed by atoms with van der Waals surface area (Å²) in [5.74, 6) is -11.3. The molecule has 2 aromatic carbocycles. The van der Waals surface area contributed by atoms with Gasteiger partial charge in [0.1, 0.15) is 76.8 Å². The van der Waals surface area contributed by atoms with Crippen LogP contribution in [0.2, 0.25) is 5.02 Å². The minimum Gasteiger partial charge on any atom is -0.459 e. The molecule has 0 aliphatic carbocycles. The summed E-state index contributed by atoms with van der Waals surface area (Å²) in [6.07, 6.45) is -10.7. The number of anilines is 1. The van der Waals surface area contributed by atoms with E-state index in [1.165, 1.54) is 18.2 Å². The number of aliphatic hydroxyl groups excluding tert-OH is 2. The zero-order chi connectivity index (χ0) is 84.8. The molecule has 2 aromatic rings. The summed E-state index contributed by atoms with van der Waals surface area (Å²) in [5, 5.41) is 59.8. The summed E-state index contributed by atoms with van der Waals surface area (Å²) >= 11 is 6.38. The molecular formula is C74H116ClN15O22. The van der Waals surface area contributed by atoms with E-state index in [0.29, 0.717) is 5.56 Å². The number of urea groups is 1. The monoisotopic (exact) mass is 1600 g/mol. The van der Waals surface area contributed by atoms with Crippen molar-refractivity contribution < 1.29 is 106 Å². The number of rotatable bonds is 26. The van der Waals surface area contributed by atoms with Gasteiger partial charge in [-0.05, 0) is 179 Å². The average Bonchev–Trinajstić information content (AvgIpc) is 0.927. The highest BCUT2D eigenvalue weighted by atomic mass is 35.5. The van der Waals surface area contributed by atoms with Crippen LogP contribution in [0.5, 0.6) is 0 Å². The van der Waals surface area contributed by atoms with Crippen molar-refractivity contribution in [1.82, 2.24) is 74.4 Å². The van der Waals surface area contributed by atoms with Gasteiger partial charge >= 0.3 is 36.4 Å². The smallest absolute Gasteiger partial charge is 0.407 e. The lowest BCUT2D eigenvalue weighted by molar-refractivity contribution is -0.136. The van der Waals surface area contributed by atoms with Gasteiger partial charge in [0.05, 0.1) is 34.6 Å². The van der Waals surface area contributed by atoms with E-state index in [2.05, 4.69) is 79.8 Å². The summed E-state index contributed by atoms with van der Waals surface area (Å²) < 4.78 is 26.8. The summed E-state index contributed by atoms with van der Waals surface area (Å²) in [5.41, 5.74) is -3.69. The molecule has 17 N–H and O–H groups in total. The molecule has 0 radical (unpaired) electrons. The molecule has 0 aromatic heterocycles. The zero-order valence-electron chi connectivity index (χ0n) is 67.0. The SMILES string of the molecule is CC(C)C[C@@H]1NC(=O)[C@@H](Cc2ccccc2)NC(=O)[C@H](CCNC(=O)OC(C)(C)C)NC(=O)[C@@H](NC(=O)[C@H](CCNC(=O)OC(C)(C)C)NC(=O)[C@@H](NC(=O)Nc2cc(C(=O)OC(C)C)ccc2Cl)[C@H](C)O)CCNC(=O)[C@H]([C@@H](C)O)NC(=O)[C@H](CCNC(=O)OC(C)(C)C)NC(=O)[C@H](CCNC(=O)OC(C)(C)C)NC1=O. The van der Waals surface area contributed by atoms with Crippen LogP contribution in [0.15, 0.2) is 48.5 Å². The summed E-state index contributed by atoms with van der Waals surface area (Å²) in [4.78, 5) is 212. The number of esters is 1. The molecular weight excluding hydrogens is 1490 g/mol. The number of aliphatic hydroxyl groups is 2. The highest BCUT2D eigenvalue weighted by molar-refractivity contribution is 6.34. The van der Waals surface area contributed by atoms with Crippen molar-refractivity contribution in [2.75, 3.05) is 38.0 Å². The van der Waals surface area contributed by atoms with Crippen LogP contribution in [0, 0.1) is 5.92 Å². The summed E-state index contributed by atoms with van der Waals surface area (Å²) in [6.45, 7) is 25.7. The maximum absolute atomic E-state index is 15.3. The van der Waals surface area contributed by atoms with Gasteiger partial charge in [-0.3, -0.25) is 43.2 Å².